The lowest BCUT2D eigenvalue weighted by atomic mass is 9.85. The van der Waals surface area contributed by atoms with Crippen LogP contribution in [0.1, 0.15) is 35.6 Å². The van der Waals surface area contributed by atoms with Crippen LogP contribution in [0.15, 0.2) is 42.5 Å². The highest BCUT2D eigenvalue weighted by atomic mass is 35.5. The molecular weight excluding hydrogens is 390 g/mol. The summed E-state index contributed by atoms with van der Waals surface area (Å²) in [5, 5.41) is 11.2. The summed E-state index contributed by atoms with van der Waals surface area (Å²) in [4.78, 5) is 12.0. The maximum atomic E-state index is 12.0. The van der Waals surface area contributed by atoms with Crippen molar-refractivity contribution in [3.63, 3.8) is 0 Å². The number of benzene rings is 2. The van der Waals surface area contributed by atoms with Crippen LogP contribution in [-0.2, 0) is 29.1 Å². The third kappa shape index (κ3) is 3.72. The molecule has 0 bridgehead atoms. The van der Waals surface area contributed by atoms with Gasteiger partial charge in [-0.05, 0) is 42.5 Å². The molecule has 1 aliphatic rings. The number of hydrogen-bond donors (Lipinski definition) is 1. The van der Waals surface area contributed by atoms with Crippen molar-refractivity contribution in [3.8, 4) is 5.75 Å². The van der Waals surface area contributed by atoms with Gasteiger partial charge in [-0.15, -0.1) is 0 Å². The number of halogens is 1. The number of aromatic nitrogens is 1. The largest absolute Gasteiger partial charge is 0.496 e. The van der Waals surface area contributed by atoms with Crippen LogP contribution >= 0.6 is 11.6 Å². The molecule has 5 nitrogen and oxygen atoms in total. The second-order valence-corrected chi connectivity index (χ2v) is 7.71. The van der Waals surface area contributed by atoms with E-state index in [2.05, 4.69) is 4.57 Å². The van der Waals surface area contributed by atoms with E-state index in [1.54, 1.807) is 7.11 Å². The van der Waals surface area contributed by atoms with Gasteiger partial charge in [0.1, 0.15) is 5.75 Å². The van der Waals surface area contributed by atoms with Gasteiger partial charge in [0, 0.05) is 17.6 Å². The molecule has 1 aromatic heterocycles. The van der Waals surface area contributed by atoms with Gasteiger partial charge >= 0.3 is 5.97 Å². The first-order valence-corrected chi connectivity index (χ1v) is 10.2. The lowest BCUT2D eigenvalue weighted by Gasteiger charge is -2.21. The first-order valence-electron chi connectivity index (χ1n) is 9.83. The summed E-state index contributed by atoms with van der Waals surface area (Å²) >= 11 is 6.58. The zero-order valence-corrected chi connectivity index (χ0v) is 17.1. The van der Waals surface area contributed by atoms with Crippen LogP contribution in [0.3, 0.4) is 0 Å². The minimum atomic E-state index is -0.799. The average Bonchev–Trinajstić information content (AvgIpc) is 3.08. The number of ether oxygens (including phenoxy) is 2. The highest BCUT2D eigenvalue weighted by Gasteiger charge is 2.34. The average molecular weight is 414 g/mol. The van der Waals surface area contributed by atoms with E-state index >= 15 is 0 Å². The van der Waals surface area contributed by atoms with Crippen molar-refractivity contribution in [1.82, 2.24) is 4.57 Å². The van der Waals surface area contributed by atoms with Gasteiger partial charge < -0.3 is 19.1 Å². The summed E-state index contributed by atoms with van der Waals surface area (Å²) in [6.07, 6.45) is 2.29. The van der Waals surface area contributed by atoms with Crippen molar-refractivity contribution < 1.29 is 19.4 Å². The topological polar surface area (TPSA) is 60.7 Å². The third-order valence-corrected chi connectivity index (χ3v) is 5.92. The molecule has 152 valence electrons. The monoisotopic (exact) mass is 413 g/mol. The molecule has 1 N–H and O–H groups in total. The summed E-state index contributed by atoms with van der Waals surface area (Å²) in [6, 6.07) is 13.7. The molecule has 29 heavy (non-hydrogen) atoms. The number of rotatable bonds is 7. The Hall–Kier alpha value is -2.50. The Morgan fingerprint density at radius 3 is 2.76 bits per heavy atom. The van der Waals surface area contributed by atoms with Crippen LogP contribution in [0.4, 0.5) is 0 Å². The fourth-order valence-corrected chi connectivity index (χ4v) is 4.60. The Balaban J connectivity index is 1.70. The number of methoxy groups -OCH3 is 1. The molecule has 2 aromatic carbocycles. The highest BCUT2D eigenvalue weighted by molar-refractivity contribution is 6.35. The van der Waals surface area contributed by atoms with Gasteiger partial charge in [-0.25, -0.2) is 0 Å². The molecule has 1 heterocycles. The van der Waals surface area contributed by atoms with Gasteiger partial charge in [0.2, 0.25) is 0 Å². The predicted octanol–water partition coefficient (Wildman–Crippen LogP) is 5.02. The van der Waals surface area contributed by atoms with Crippen molar-refractivity contribution in [2.75, 3.05) is 13.7 Å². The summed E-state index contributed by atoms with van der Waals surface area (Å²) in [5.74, 6) is -0.676. The zero-order valence-electron chi connectivity index (χ0n) is 16.4. The molecule has 0 saturated heterocycles. The Bertz CT molecular complexity index is 1030. The van der Waals surface area contributed by atoms with Gasteiger partial charge in [0.25, 0.3) is 0 Å². The van der Waals surface area contributed by atoms with Crippen LogP contribution in [-0.4, -0.2) is 29.4 Å². The van der Waals surface area contributed by atoms with Gasteiger partial charge in [0.05, 0.1) is 36.8 Å². The van der Waals surface area contributed by atoms with Crippen molar-refractivity contribution >= 4 is 28.5 Å². The molecule has 3 aromatic rings. The molecule has 0 saturated carbocycles. The van der Waals surface area contributed by atoms with E-state index in [0.29, 0.717) is 37.0 Å². The van der Waals surface area contributed by atoms with Crippen LogP contribution in [0.5, 0.6) is 5.75 Å². The van der Waals surface area contributed by atoms with Gasteiger partial charge in [-0.3, -0.25) is 4.79 Å². The van der Waals surface area contributed by atoms with Crippen LogP contribution < -0.4 is 4.74 Å². The number of hydrogen-bond acceptors (Lipinski definition) is 3. The zero-order chi connectivity index (χ0) is 20.4. The number of carboxylic acids is 1. The second-order valence-electron chi connectivity index (χ2n) is 7.31. The minimum Gasteiger partial charge on any atom is -0.496 e. The maximum Gasteiger partial charge on any atom is 0.311 e. The van der Waals surface area contributed by atoms with Crippen LogP contribution in [0.2, 0.25) is 5.02 Å². The SMILES string of the molecule is COc1ccc(Cl)c2c1c1c(n2CCOCc2ccccc2)CCCC1C(=O)O. The molecule has 4 rings (SSSR count). The van der Waals surface area contributed by atoms with Crippen molar-refractivity contribution in [3.05, 3.63) is 64.3 Å². The van der Waals surface area contributed by atoms with Gasteiger partial charge in [0.15, 0.2) is 0 Å². The van der Waals surface area contributed by atoms with Crippen molar-refractivity contribution in [2.45, 2.75) is 38.3 Å². The Morgan fingerprint density at radius 2 is 2.03 bits per heavy atom. The Kier molecular flexibility index (Phi) is 5.79. The van der Waals surface area contributed by atoms with Gasteiger partial charge in [-0.2, -0.15) is 0 Å². The van der Waals surface area contributed by atoms with Crippen LogP contribution in [0, 0.1) is 0 Å². The Morgan fingerprint density at radius 1 is 1.24 bits per heavy atom. The van der Waals surface area contributed by atoms with E-state index in [0.717, 1.165) is 40.6 Å². The number of carbonyl (C=O) groups is 1. The molecule has 1 aliphatic carbocycles. The summed E-state index contributed by atoms with van der Waals surface area (Å²) in [7, 11) is 1.61. The van der Waals surface area contributed by atoms with E-state index in [1.807, 2.05) is 42.5 Å². The first-order chi connectivity index (χ1) is 14.1. The van der Waals surface area contributed by atoms with Gasteiger partial charge in [-0.1, -0.05) is 41.9 Å². The fraction of sp³-hybridized carbons (Fsp3) is 0.348. The number of carboxylic acid groups (broad SMARTS) is 1. The molecule has 0 amide bonds. The van der Waals surface area contributed by atoms with E-state index in [4.69, 9.17) is 21.1 Å². The molecule has 0 spiro atoms. The molecule has 1 atom stereocenters. The smallest absolute Gasteiger partial charge is 0.311 e. The standard InChI is InChI=1S/C23H24ClNO4/c1-28-19-11-10-17(24)22-21(19)20-16(23(26)27)8-5-9-18(20)25(22)12-13-29-14-15-6-3-2-4-7-15/h2-4,6-7,10-11,16H,5,8-9,12-14H2,1H3,(H,26,27). The molecule has 0 aliphatic heterocycles. The predicted molar refractivity (Wildman–Crippen MR) is 113 cm³/mol. The maximum absolute atomic E-state index is 12.0. The van der Waals surface area contributed by atoms with Crippen molar-refractivity contribution in [1.29, 1.82) is 0 Å². The summed E-state index contributed by atoms with van der Waals surface area (Å²) < 4.78 is 13.6. The van der Waals surface area contributed by atoms with E-state index in [-0.39, 0.29) is 0 Å². The third-order valence-electron chi connectivity index (χ3n) is 5.61. The lowest BCUT2D eigenvalue weighted by molar-refractivity contribution is -0.139. The normalized spacial score (nSPS) is 16.0. The van der Waals surface area contributed by atoms with E-state index in [1.165, 1.54) is 0 Å². The Labute approximate surface area is 174 Å². The second kappa shape index (κ2) is 8.47. The van der Waals surface area contributed by atoms with E-state index in [9.17, 15) is 9.90 Å². The van der Waals surface area contributed by atoms with Crippen molar-refractivity contribution in [2.24, 2.45) is 0 Å². The van der Waals surface area contributed by atoms with Crippen LogP contribution in [0.25, 0.3) is 10.9 Å². The number of nitrogens with zero attached hydrogens (tertiary/aromatic N) is 1. The highest BCUT2D eigenvalue weighted by Crippen LogP contribution is 2.45. The molecule has 0 fully saturated rings. The molecular formula is C23H24ClNO4. The first kappa shape index (κ1) is 19.8. The summed E-state index contributed by atoms with van der Waals surface area (Å²) in [6.45, 7) is 1.66. The molecule has 6 heteroatoms. The number of fused-ring (bicyclic) bond motifs is 3. The quantitative estimate of drug-likeness (QED) is 0.552. The lowest BCUT2D eigenvalue weighted by Crippen LogP contribution is -2.19. The number of aliphatic carboxylic acids is 1. The minimum absolute atomic E-state index is 0.510. The van der Waals surface area contributed by atoms with E-state index < -0.39 is 11.9 Å². The summed E-state index contributed by atoms with van der Waals surface area (Å²) in [5.41, 5.74) is 3.85. The molecule has 1 unspecified atom stereocenters. The molecule has 0 radical (unpaired) electrons. The fourth-order valence-electron chi connectivity index (χ4n) is 4.34.